The van der Waals surface area contributed by atoms with Crippen LogP contribution in [0.4, 0.5) is 4.39 Å². The van der Waals surface area contributed by atoms with Gasteiger partial charge < -0.3 is 5.11 Å². The molecule has 1 saturated carbocycles. The minimum atomic E-state index is -0.414. The number of hydrogen-bond donors (Lipinski definition) is 1. The lowest BCUT2D eigenvalue weighted by Crippen LogP contribution is -2.22. The fourth-order valence-corrected chi connectivity index (χ4v) is 5.29. The van der Waals surface area contributed by atoms with E-state index in [0.29, 0.717) is 16.0 Å². The number of aromatic nitrogens is 5. The van der Waals surface area contributed by atoms with Crippen molar-refractivity contribution in [2.45, 2.75) is 54.7 Å². The van der Waals surface area contributed by atoms with E-state index >= 15 is 0 Å². The molecule has 0 amide bonds. The van der Waals surface area contributed by atoms with Gasteiger partial charge in [-0.05, 0) is 50.8 Å². The highest BCUT2D eigenvalue weighted by Crippen LogP contribution is 2.37. The third-order valence-electron chi connectivity index (χ3n) is 6.00. The van der Waals surface area contributed by atoms with Crippen LogP contribution in [0, 0.1) is 24.1 Å². The molecule has 0 saturated heterocycles. The second-order valence-electron chi connectivity index (χ2n) is 8.00. The second-order valence-corrected chi connectivity index (χ2v) is 9.03. The molecular weight excluding hydrogens is 427 g/mol. The number of aliphatic hydroxyl groups is 1. The largest absolute Gasteiger partial charge is 0.393 e. The van der Waals surface area contributed by atoms with Gasteiger partial charge in [0.2, 0.25) is 0 Å². The van der Waals surface area contributed by atoms with Gasteiger partial charge >= 0.3 is 0 Å². The molecule has 0 bridgehead atoms. The van der Waals surface area contributed by atoms with E-state index in [1.54, 1.807) is 16.8 Å². The molecule has 4 aromatic rings. The molecule has 5 rings (SSSR count). The molecule has 7 nitrogen and oxygen atoms in total. The van der Waals surface area contributed by atoms with Crippen LogP contribution in [-0.4, -0.2) is 35.6 Å². The topological polar surface area (TPSA) is 92.0 Å². The minimum absolute atomic E-state index is 0.218. The van der Waals surface area contributed by atoms with Gasteiger partial charge in [-0.25, -0.2) is 13.9 Å². The molecule has 0 unspecified atom stereocenters. The van der Waals surface area contributed by atoms with Crippen molar-refractivity contribution in [1.29, 1.82) is 5.26 Å². The molecule has 1 N–H and O–H groups in total. The average molecular weight is 449 g/mol. The average Bonchev–Trinajstić information content (AvgIpc) is 3.39. The summed E-state index contributed by atoms with van der Waals surface area (Å²) in [6.07, 6.45) is 9.91. The quantitative estimate of drug-likeness (QED) is 0.493. The molecule has 0 aliphatic heterocycles. The molecule has 9 heteroatoms. The summed E-state index contributed by atoms with van der Waals surface area (Å²) < 4.78 is 18.0. The van der Waals surface area contributed by atoms with Crippen molar-refractivity contribution < 1.29 is 9.50 Å². The molecule has 4 aromatic heterocycles. The Morgan fingerprint density at radius 2 is 2.03 bits per heavy atom. The van der Waals surface area contributed by atoms with Gasteiger partial charge in [-0.2, -0.15) is 15.5 Å². The molecule has 0 aromatic carbocycles. The molecule has 1 aliphatic carbocycles. The lowest BCUT2D eigenvalue weighted by atomic mass is 9.93. The van der Waals surface area contributed by atoms with Gasteiger partial charge in [0.1, 0.15) is 11.1 Å². The summed E-state index contributed by atoms with van der Waals surface area (Å²) in [5.74, 6) is -0.414. The standard InChI is InChI=1S/C23H21FN6OS/c1-14-19(12-28-30(14)17-4-6-18(31)7-5-17)15-9-21(32-23-20(24)3-2-8-26-23)22-16(10-25)11-27-29(22)13-15/h2-3,8-9,11-13,17-18,31H,4-7H2,1H3. The highest BCUT2D eigenvalue weighted by Gasteiger charge is 2.24. The molecule has 4 heterocycles. The van der Waals surface area contributed by atoms with Crippen LogP contribution >= 0.6 is 11.8 Å². The summed E-state index contributed by atoms with van der Waals surface area (Å²) in [5, 5.41) is 28.6. The predicted molar refractivity (Wildman–Crippen MR) is 118 cm³/mol. The smallest absolute Gasteiger partial charge is 0.155 e. The van der Waals surface area contributed by atoms with Crippen LogP contribution in [0.25, 0.3) is 16.6 Å². The maximum atomic E-state index is 14.3. The highest BCUT2D eigenvalue weighted by atomic mass is 32.2. The third kappa shape index (κ3) is 3.66. The van der Waals surface area contributed by atoms with Gasteiger partial charge in [0.25, 0.3) is 0 Å². The van der Waals surface area contributed by atoms with Crippen molar-refractivity contribution in [3.63, 3.8) is 0 Å². The van der Waals surface area contributed by atoms with E-state index in [2.05, 4.69) is 21.3 Å². The Kier molecular flexibility index (Phi) is 5.41. The van der Waals surface area contributed by atoms with E-state index in [9.17, 15) is 14.8 Å². The molecule has 32 heavy (non-hydrogen) atoms. The first-order chi connectivity index (χ1) is 15.5. The number of halogens is 1. The molecule has 0 spiro atoms. The van der Waals surface area contributed by atoms with E-state index < -0.39 is 5.82 Å². The molecular formula is C23H21FN6OS. The molecule has 162 valence electrons. The number of nitriles is 1. The van der Waals surface area contributed by atoms with Gasteiger partial charge in [0.05, 0.1) is 35.6 Å². The van der Waals surface area contributed by atoms with Crippen molar-refractivity contribution in [3.05, 3.63) is 60.1 Å². The SMILES string of the molecule is Cc1c(-c2cc(Sc3ncccc3F)c3c(C#N)cnn3c2)cnn1C1CCC(O)CC1. The summed E-state index contributed by atoms with van der Waals surface area (Å²) in [4.78, 5) is 4.85. The summed E-state index contributed by atoms with van der Waals surface area (Å²) in [6, 6.07) is 7.29. The van der Waals surface area contributed by atoms with Crippen LogP contribution < -0.4 is 0 Å². The Morgan fingerprint density at radius 3 is 2.78 bits per heavy atom. The van der Waals surface area contributed by atoms with Gasteiger partial charge in [0.15, 0.2) is 5.82 Å². The summed E-state index contributed by atoms with van der Waals surface area (Å²) >= 11 is 1.17. The second kappa shape index (κ2) is 8.37. The predicted octanol–water partition coefficient (Wildman–Crippen LogP) is 4.54. The first kappa shape index (κ1) is 20.7. The van der Waals surface area contributed by atoms with Crippen LogP contribution in [0.15, 0.2) is 52.9 Å². The fourth-order valence-electron chi connectivity index (χ4n) is 4.32. The number of aliphatic hydroxyl groups excluding tert-OH is 1. The van der Waals surface area contributed by atoms with E-state index in [-0.39, 0.29) is 17.2 Å². The van der Waals surface area contributed by atoms with E-state index in [4.69, 9.17) is 0 Å². The van der Waals surface area contributed by atoms with Crippen molar-refractivity contribution in [2.24, 2.45) is 0 Å². The summed E-state index contributed by atoms with van der Waals surface area (Å²) in [5.41, 5.74) is 3.90. The molecule has 1 aliphatic rings. The van der Waals surface area contributed by atoms with Crippen molar-refractivity contribution in [3.8, 4) is 17.2 Å². The Hall–Kier alpha value is -3.22. The third-order valence-corrected chi connectivity index (χ3v) is 7.02. The van der Waals surface area contributed by atoms with Crippen LogP contribution in [0.5, 0.6) is 0 Å². The molecule has 0 radical (unpaired) electrons. The maximum absolute atomic E-state index is 14.3. The lowest BCUT2D eigenvalue weighted by Gasteiger charge is -2.26. The molecule has 0 atom stereocenters. The van der Waals surface area contributed by atoms with E-state index in [1.807, 2.05) is 30.1 Å². The maximum Gasteiger partial charge on any atom is 0.155 e. The van der Waals surface area contributed by atoms with Gasteiger partial charge in [-0.3, -0.25) is 4.68 Å². The van der Waals surface area contributed by atoms with Crippen molar-refractivity contribution in [2.75, 3.05) is 0 Å². The summed E-state index contributed by atoms with van der Waals surface area (Å²) in [7, 11) is 0. The number of fused-ring (bicyclic) bond motifs is 1. The summed E-state index contributed by atoms with van der Waals surface area (Å²) in [6.45, 7) is 2.03. The first-order valence-electron chi connectivity index (χ1n) is 10.5. The Bertz CT molecular complexity index is 1330. The monoisotopic (exact) mass is 448 g/mol. The minimum Gasteiger partial charge on any atom is -0.393 e. The van der Waals surface area contributed by atoms with Crippen molar-refractivity contribution >= 4 is 17.3 Å². The van der Waals surface area contributed by atoms with Gasteiger partial charge in [0, 0.05) is 34.1 Å². The highest BCUT2D eigenvalue weighted by molar-refractivity contribution is 7.99. The number of nitrogens with zero attached hydrogens (tertiary/aromatic N) is 6. The normalized spacial score (nSPS) is 18.7. The van der Waals surface area contributed by atoms with Crippen LogP contribution in [0.2, 0.25) is 0 Å². The Morgan fingerprint density at radius 1 is 1.22 bits per heavy atom. The van der Waals surface area contributed by atoms with Gasteiger partial charge in [-0.15, -0.1) is 0 Å². The first-order valence-corrected chi connectivity index (χ1v) is 11.3. The Labute approximate surface area is 188 Å². The van der Waals surface area contributed by atoms with E-state index in [0.717, 1.165) is 42.5 Å². The van der Waals surface area contributed by atoms with Crippen LogP contribution in [0.3, 0.4) is 0 Å². The zero-order valence-corrected chi connectivity index (χ0v) is 18.3. The molecule has 1 fully saturated rings. The van der Waals surface area contributed by atoms with Gasteiger partial charge in [-0.1, -0.05) is 11.8 Å². The van der Waals surface area contributed by atoms with Crippen LogP contribution in [-0.2, 0) is 0 Å². The lowest BCUT2D eigenvalue weighted by molar-refractivity contribution is 0.107. The van der Waals surface area contributed by atoms with Crippen LogP contribution in [0.1, 0.15) is 43.0 Å². The zero-order valence-electron chi connectivity index (χ0n) is 17.4. The van der Waals surface area contributed by atoms with Crippen molar-refractivity contribution in [1.82, 2.24) is 24.4 Å². The number of hydrogen-bond acceptors (Lipinski definition) is 6. The van der Waals surface area contributed by atoms with E-state index in [1.165, 1.54) is 24.0 Å². The number of pyridine rings is 2. The zero-order chi connectivity index (χ0) is 22.2. The fraction of sp³-hybridized carbons (Fsp3) is 0.304. The Balaban J connectivity index is 1.59. The number of rotatable bonds is 4.